The highest BCUT2D eigenvalue weighted by atomic mass is 16.3. The average molecular weight is 376 g/mol. The van der Waals surface area contributed by atoms with E-state index in [1.807, 2.05) is 12.4 Å². The van der Waals surface area contributed by atoms with Crippen molar-refractivity contribution in [2.45, 2.75) is 13.8 Å². The smallest absolute Gasteiger partial charge is 0.287 e. The Morgan fingerprint density at radius 1 is 0.931 bits per heavy atom. The first-order chi connectivity index (χ1) is 14.1. The first-order valence-corrected chi connectivity index (χ1v) is 9.88. The first-order valence-electron chi connectivity index (χ1n) is 9.88. The molecule has 4 aromatic heterocycles. The van der Waals surface area contributed by atoms with Gasteiger partial charge in [-0.05, 0) is 48.2 Å². The molecule has 7 rings (SSSR count). The van der Waals surface area contributed by atoms with Gasteiger partial charge in [0.1, 0.15) is 11.1 Å². The summed E-state index contributed by atoms with van der Waals surface area (Å²) in [6.45, 7) is 4.45. The molecular formula is C25H18N3O+. The third kappa shape index (κ3) is 1.63. The van der Waals surface area contributed by atoms with Crippen LogP contribution >= 0.6 is 0 Å². The van der Waals surface area contributed by atoms with E-state index in [1.54, 1.807) is 6.26 Å². The lowest BCUT2D eigenvalue weighted by Gasteiger charge is -2.14. The molecule has 4 heterocycles. The molecule has 0 saturated heterocycles. The molecule has 4 nitrogen and oxygen atoms in total. The zero-order valence-electron chi connectivity index (χ0n) is 16.4. The Bertz CT molecular complexity index is 1790. The number of fused-ring (bicyclic) bond motifs is 7. The van der Waals surface area contributed by atoms with Crippen LogP contribution in [0, 0.1) is 13.8 Å². The van der Waals surface area contributed by atoms with Crippen molar-refractivity contribution in [2.75, 3.05) is 0 Å². The van der Waals surface area contributed by atoms with Crippen LogP contribution in [0.25, 0.3) is 60.1 Å². The van der Waals surface area contributed by atoms with Gasteiger partial charge in [-0.15, -0.1) is 0 Å². The third-order valence-corrected chi connectivity index (χ3v) is 6.62. The third-order valence-electron chi connectivity index (χ3n) is 6.62. The van der Waals surface area contributed by atoms with Gasteiger partial charge in [-0.1, -0.05) is 18.2 Å². The Labute approximate surface area is 165 Å². The fraction of sp³-hybridized carbons (Fsp3) is 0.120. The molecule has 0 spiro atoms. The number of nitrogens with zero attached hydrogens (tertiary/aromatic N) is 3. The van der Waals surface area contributed by atoms with Gasteiger partial charge >= 0.3 is 0 Å². The van der Waals surface area contributed by atoms with E-state index in [0.717, 1.165) is 22.0 Å². The van der Waals surface area contributed by atoms with Gasteiger partial charge in [-0.25, -0.2) is 4.57 Å². The molecule has 4 heteroatoms. The van der Waals surface area contributed by atoms with E-state index in [9.17, 15) is 0 Å². The SMILES string of the molecule is Cc1cc2c3ccccc3n3c4cc5occc5c5nc[n+](C)c(c(c1C)c23)c54. The maximum atomic E-state index is 5.82. The molecule has 0 bridgehead atoms. The summed E-state index contributed by atoms with van der Waals surface area (Å²) < 4.78 is 10.4. The van der Waals surface area contributed by atoms with Crippen molar-refractivity contribution < 1.29 is 8.98 Å². The van der Waals surface area contributed by atoms with Gasteiger partial charge in [0.05, 0.1) is 46.0 Å². The predicted molar refractivity (Wildman–Crippen MR) is 117 cm³/mol. The molecule has 29 heavy (non-hydrogen) atoms. The lowest BCUT2D eigenvalue weighted by Crippen LogP contribution is -2.30. The molecule has 0 amide bonds. The van der Waals surface area contributed by atoms with Crippen molar-refractivity contribution in [1.29, 1.82) is 0 Å². The van der Waals surface area contributed by atoms with E-state index < -0.39 is 0 Å². The van der Waals surface area contributed by atoms with E-state index in [0.29, 0.717) is 0 Å². The van der Waals surface area contributed by atoms with Gasteiger partial charge in [-0.3, -0.25) is 0 Å². The molecule has 0 radical (unpaired) electrons. The van der Waals surface area contributed by atoms with Gasteiger partial charge in [-0.2, -0.15) is 0 Å². The van der Waals surface area contributed by atoms with Gasteiger partial charge in [0.15, 0.2) is 5.52 Å². The summed E-state index contributed by atoms with van der Waals surface area (Å²) >= 11 is 0. The van der Waals surface area contributed by atoms with Crippen LogP contribution in [-0.4, -0.2) is 9.38 Å². The summed E-state index contributed by atoms with van der Waals surface area (Å²) in [5.41, 5.74) is 9.37. The summed E-state index contributed by atoms with van der Waals surface area (Å²) in [7, 11) is 2.09. The number of rotatable bonds is 0. The lowest BCUT2D eigenvalue weighted by atomic mass is 9.97. The highest BCUT2D eigenvalue weighted by molar-refractivity contribution is 6.28. The van der Waals surface area contributed by atoms with Gasteiger partial charge in [0.25, 0.3) is 6.33 Å². The topological polar surface area (TPSA) is 34.3 Å². The number of para-hydroxylation sites is 1. The van der Waals surface area contributed by atoms with Crippen LogP contribution in [0.3, 0.4) is 0 Å². The zero-order valence-corrected chi connectivity index (χ0v) is 16.4. The molecule has 0 N–H and O–H groups in total. The van der Waals surface area contributed by atoms with Gasteiger partial charge in [0, 0.05) is 16.8 Å². The van der Waals surface area contributed by atoms with Crippen molar-refractivity contribution in [3.05, 3.63) is 66.2 Å². The molecule has 138 valence electrons. The normalized spacial score (nSPS) is 12.7. The molecule has 0 aliphatic carbocycles. The molecule has 0 saturated carbocycles. The molecule has 0 atom stereocenters. The summed E-state index contributed by atoms with van der Waals surface area (Å²) in [6, 6.07) is 15.2. The predicted octanol–water partition coefficient (Wildman–Crippen LogP) is 5.57. The fourth-order valence-corrected chi connectivity index (χ4v) is 5.20. The zero-order chi connectivity index (χ0) is 19.4. The van der Waals surface area contributed by atoms with Crippen molar-refractivity contribution in [2.24, 2.45) is 7.05 Å². The number of furan rings is 1. The van der Waals surface area contributed by atoms with Crippen LogP contribution in [0.4, 0.5) is 0 Å². The number of hydrogen-bond acceptors (Lipinski definition) is 2. The van der Waals surface area contributed by atoms with Crippen LogP contribution in [0.2, 0.25) is 0 Å². The van der Waals surface area contributed by atoms with Crippen LogP contribution in [0.15, 0.2) is 59.5 Å². The van der Waals surface area contributed by atoms with Crippen LogP contribution in [-0.2, 0) is 7.05 Å². The Hall–Kier alpha value is -3.66. The Morgan fingerprint density at radius 2 is 1.79 bits per heavy atom. The summed E-state index contributed by atoms with van der Waals surface area (Å²) in [6.07, 6.45) is 3.69. The van der Waals surface area contributed by atoms with Crippen LogP contribution in [0.1, 0.15) is 11.1 Å². The number of benzene rings is 3. The van der Waals surface area contributed by atoms with E-state index >= 15 is 0 Å². The number of aromatic nitrogens is 3. The molecular weight excluding hydrogens is 358 g/mol. The van der Waals surface area contributed by atoms with Crippen molar-refractivity contribution in [1.82, 2.24) is 9.38 Å². The second-order valence-corrected chi connectivity index (χ2v) is 8.10. The highest BCUT2D eigenvalue weighted by Gasteiger charge is 2.26. The van der Waals surface area contributed by atoms with E-state index in [-0.39, 0.29) is 0 Å². The largest absolute Gasteiger partial charge is 0.464 e. The molecule has 7 aromatic rings. The standard InChI is InChI=1S/C25H18N3O/c1-13-10-17-15-6-4-5-7-18(15)28-19-11-20-16(8-9-29-20)23-22(19)25(27(3)12-26-23)21(14(13)2)24(17)28/h4-12H,1-3H3/q+1. The van der Waals surface area contributed by atoms with Crippen molar-refractivity contribution >= 4 is 60.1 Å². The van der Waals surface area contributed by atoms with E-state index in [1.165, 1.54) is 49.2 Å². The maximum absolute atomic E-state index is 5.82. The number of pyridine rings is 1. The minimum absolute atomic E-state index is 0.873. The Kier molecular flexibility index (Phi) is 2.55. The molecule has 3 aromatic carbocycles. The quantitative estimate of drug-likeness (QED) is 0.197. The highest BCUT2D eigenvalue weighted by Crippen LogP contribution is 2.42. The van der Waals surface area contributed by atoms with Gasteiger partial charge in [0.2, 0.25) is 0 Å². The minimum Gasteiger partial charge on any atom is -0.464 e. The van der Waals surface area contributed by atoms with Gasteiger partial charge < -0.3 is 8.82 Å². The monoisotopic (exact) mass is 376 g/mol. The summed E-state index contributed by atoms with van der Waals surface area (Å²) in [5.74, 6) is 0. The number of aryl methyl sites for hydroxylation is 3. The average Bonchev–Trinajstić information content (AvgIpc) is 3.32. The molecule has 0 aliphatic rings. The second kappa shape index (κ2) is 4.84. The Morgan fingerprint density at radius 3 is 2.69 bits per heavy atom. The fourth-order valence-electron chi connectivity index (χ4n) is 5.20. The maximum Gasteiger partial charge on any atom is 0.287 e. The molecule has 0 fully saturated rings. The second-order valence-electron chi connectivity index (χ2n) is 8.10. The van der Waals surface area contributed by atoms with Crippen LogP contribution < -0.4 is 4.57 Å². The number of hydrogen-bond donors (Lipinski definition) is 0. The van der Waals surface area contributed by atoms with Crippen molar-refractivity contribution in [3.8, 4) is 0 Å². The first kappa shape index (κ1) is 15.3. The Balaban J connectivity index is 2.02. The molecule has 0 unspecified atom stereocenters. The minimum atomic E-state index is 0.873. The summed E-state index contributed by atoms with van der Waals surface area (Å²) in [5, 5.41) is 6.14. The van der Waals surface area contributed by atoms with Crippen molar-refractivity contribution in [3.63, 3.8) is 0 Å². The summed E-state index contributed by atoms with van der Waals surface area (Å²) in [4.78, 5) is 4.83. The lowest BCUT2D eigenvalue weighted by molar-refractivity contribution is -0.646. The van der Waals surface area contributed by atoms with Crippen LogP contribution in [0.5, 0.6) is 0 Å². The van der Waals surface area contributed by atoms with E-state index in [2.05, 4.69) is 66.3 Å². The van der Waals surface area contributed by atoms with E-state index in [4.69, 9.17) is 9.40 Å². The molecule has 0 aliphatic heterocycles.